The molecule has 0 radical (unpaired) electrons. The van der Waals surface area contributed by atoms with Crippen LogP contribution in [0.4, 0.5) is 9.18 Å². The number of hydrogen-bond donors (Lipinski definition) is 0. The van der Waals surface area contributed by atoms with E-state index in [1.807, 2.05) is 30.3 Å². The van der Waals surface area contributed by atoms with Gasteiger partial charge in [0, 0.05) is 12.7 Å². The average molecular weight is 316 g/mol. The molecular formula is C17H17FN2O3. The van der Waals surface area contributed by atoms with E-state index in [-0.39, 0.29) is 31.1 Å². The second-order valence-electron chi connectivity index (χ2n) is 5.28. The van der Waals surface area contributed by atoms with Gasteiger partial charge >= 0.3 is 6.09 Å². The lowest BCUT2D eigenvalue weighted by Gasteiger charge is -2.39. The molecule has 6 heteroatoms. The third-order valence-electron chi connectivity index (χ3n) is 3.74. The zero-order valence-corrected chi connectivity index (χ0v) is 12.5. The fraction of sp³-hybridized carbons (Fsp3) is 0.294. The summed E-state index contributed by atoms with van der Waals surface area (Å²) in [5.41, 5.74) is 0.937. The van der Waals surface area contributed by atoms with Gasteiger partial charge in [0.25, 0.3) is 5.95 Å². The number of benzene rings is 1. The van der Waals surface area contributed by atoms with E-state index in [1.165, 1.54) is 12.3 Å². The number of carbonyl (C=O) groups excluding carboxylic acids is 1. The van der Waals surface area contributed by atoms with Gasteiger partial charge in [-0.25, -0.2) is 9.78 Å². The van der Waals surface area contributed by atoms with Gasteiger partial charge < -0.3 is 14.4 Å². The number of nitrogens with zero attached hydrogens (tertiary/aromatic N) is 2. The number of ether oxygens (including phenoxy) is 2. The maximum atomic E-state index is 13.4. The highest BCUT2D eigenvalue weighted by molar-refractivity contribution is 5.69. The first-order valence-corrected chi connectivity index (χ1v) is 7.44. The molecule has 2 aromatic rings. The van der Waals surface area contributed by atoms with Crippen molar-refractivity contribution in [2.24, 2.45) is 0 Å². The summed E-state index contributed by atoms with van der Waals surface area (Å²) in [5.74, 6) is -0.554. The van der Waals surface area contributed by atoms with Crippen LogP contribution >= 0.6 is 0 Å². The Morgan fingerprint density at radius 3 is 2.78 bits per heavy atom. The Balaban J connectivity index is 1.47. The van der Waals surface area contributed by atoms with Gasteiger partial charge in [0.15, 0.2) is 5.75 Å². The van der Waals surface area contributed by atoms with E-state index < -0.39 is 5.95 Å². The van der Waals surface area contributed by atoms with E-state index in [2.05, 4.69) is 4.98 Å². The summed E-state index contributed by atoms with van der Waals surface area (Å²) < 4.78 is 24.1. The SMILES string of the molecule is O=C(OCc1ccccc1)N1CC[C@H]1COc1cccnc1F. The molecule has 0 N–H and O–H groups in total. The first-order valence-electron chi connectivity index (χ1n) is 7.44. The molecule has 1 saturated heterocycles. The maximum absolute atomic E-state index is 13.4. The number of amides is 1. The predicted molar refractivity (Wildman–Crippen MR) is 81.4 cm³/mol. The number of pyridine rings is 1. The molecule has 1 amide bonds. The molecule has 23 heavy (non-hydrogen) atoms. The first kappa shape index (κ1) is 15.3. The lowest BCUT2D eigenvalue weighted by Crippen LogP contribution is -2.54. The number of rotatable bonds is 5. The normalized spacial score (nSPS) is 16.6. The van der Waals surface area contributed by atoms with Gasteiger partial charge in [-0.05, 0) is 24.1 Å². The topological polar surface area (TPSA) is 51.7 Å². The van der Waals surface area contributed by atoms with Crippen molar-refractivity contribution in [2.45, 2.75) is 19.1 Å². The summed E-state index contributed by atoms with van der Waals surface area (Å²) in [4.78, 5) is 17.2. The van der Waals surface area contributed by atoms with E-state index >= 15 is 0 Å². The van der Waals surface area contributed by atoms with Crippen LogP contribution < -0.4 is 4.74 Å². The van der Waals surface area contributed by atoms with Crippen molar-refractivity contribution in [3.8, 4) is 5.75 Å². The molecule has 0 unspecified atom stereocenters. The van der Waals surface area contributed by atoms with Crippen LogP contribution in [0.2, 0.25) is 0 Å². The second-order valence-corrected chi connectivity index (χ2v) is 5.28. The molecule has 1 atom stereocenters. The molecule has 2 heterocycles. The van der Waals surface area contributed by atoms with Crippen molar-refractivity contribution in [1.29, 1.82) is 0 Å². The summed E-state index contributed by atoms with van der Waals surface area (Å²) in [5, 5.41) is 0. The monoisotopic (exact) mass is 316 g/mol. The van der Waals surface area contributed by atoms with Crippen LogP contribution in [0.5, 0.6) is 5.75 Å². The molecule has 1 aromatic carbocycles. The maximum Gasteiger partial charge on any atom is 0.410 e. The van der Waals surface area contributed by atoms with Crippen molar-refractivity contribution >= 4 is 6.09 Å². The van der Waals surface area contributed by atoms with Crippen molar-refractivity contribution < 1.29 is 18.7 Å². The Morgan fingerprint density at radius 1 is 1.26 bits per heavy atom. The van der Waals surface area contributed by atoms with Crippen LogP contribution in [0, 0.1) is 5.95 Å². The van der Waals surface area contributed by atoms with E-state index in [1.54, 1.807) is 11.0 Å². The highest BCUT2D eigenvalue weighted by Crippen LogP contribution is 2.21. The first-order chi connectivity index (χ1) is 11.2. The summed E-state index contributed by atoms with van der Waals surface area (Å²) in [7, 11) is 0. The minimum Gasteiger partial charge on any atom is -0.487 e. The lowest BCUT2D eigenvalue weighted by molar-refractivity contribution is 0.0253. The van der Waals surface area contributed by atoms with Crippen molar-refractivity contribution in [2.75, 3.05) is 13.2 Å². The van der Waals surface area contributed by atoms with Gasteiger partial charge in [0.2, 0.25) is 0 Å². The summed E-state index contributed by atoms with van der Waals surface area (Å²) >= 11 is 0. The molecule has 1 aromatic heterocycles. The molecular weight excluding hydrogens is 299 g/mol. The smallest absolute Gasteiger partial charge is 0.410 e. The van der Waals surface area contributed by atoms with Crippen LogP contribution in [0.25, 0.3) is 0 Å². The number of carbonyl (C=O) groups is 1. The third kappa shape index (κ3) is 3.77. The summed E-state index contributed by atoms with van der Waals surface area (Å²) in [6, 6.07) is 12.5. The van der Waals surface area contributed by atoms with Crippen molar-refractivity contribution in [3.05, 3.63) is 60.2 Å². The molecule has 0 saturated carbocycles. The number of hydrogen-bond acceptors (Lipinski definition) is 4. The highest BCUT2D eigenvalue weighted by atomic mass is 19.1. The van der Waals surface area contributed by atoms with Crippen LogP contribution in [0.1, 0.15) is 12.0 Å². The van der Waals surface area contributed by atoms with E-state index in [0.717, 1.165) is 12.0 Å². The van der Waals surface area contributed by atoms with Gasteiger partial charge in [-0.3, -0.25) is 0 Å². The molecule has 1 aliphatic heterocycles. The molecule has 0 bridgehead atoms. The Labute approximate surface area is 133 Å². The van der Waals surface area contributed by atoms with E-state index in [4.69, 9.17) is 9.47 Å². The van der Waals surface area contributed by atoms with E-state index in [0.29, 0.717) is 6.54 Å². The third-order valence-corrected chi connectivity index (χ3v) is 3.74. The predicted octanol–water partition coefficient (Wildman–Crippen LogP) is 3.01. The van der Waals surface area contributed by atoms with Gasteiger partial charge in [0.1, 0.15) is 13.2 Å². The molecule has 1 fully saturated rings. The van der Waals surface area contributed by atoms with Crippen molar-refractivity contribution in [1.82, 2.24) is 9.88 Å². The fourth-order valence-electron chi connectivity index (χ4n) is 2.32. The summed E-state index contributed by atoms with van der Waals surface area (Å²) in [6.07, 6.45) is 1.79. The molecule has 120 valence electrons. The zero-order valence-electron chi connectivity index (χ0n) is 12.5. The Bertz CT molecular complexity index is 666. The number of halogens is 1. The van der Waals surface area contributed by atoms with E-state index in [9.17, 15) is 9.18 Å². The van der Waals surface area contributed by atoms with Gasteiger partial charge in [0.05, 0.1) is 6.04 Å². The largest absolute Gasteiger partial charge is 0.487 e. The van der Waals surface area contributed by atoms with Crippen LogP contribution in [-0.2, 0) is 11.3 Å². The standard InChI is InChI=1S/C17H17FN2O3/c18-16-15(7-4-9-19-16)22-12-14-8-10-20(14)17(21)23-11-13-5-2-1-3-6-13/h1-7,9,14H,8,10-12H2/t14-/m0/s1. The number of likely N-dealkylation sites (tertiary alicyclic amines) is 1. The Kier molecular flexibility index (Phi) is 4.71. The molecule has 0 aliphatic carbocycles. The quantitative estimate of drug-likeness (QED) is 0.796. The number of aromatic nitrogens is 1. The fourth-order valence-corrected chi connectivity index (χ4v) is 2.32. The minimum absolute atomic E-state index is 0.0944. The zero-order chi connectivity index (χ0) is 16.1. The average Bonchev–Trinajstić information content (AvgIpc) is 2.55. The van der Waals surface area contributed by atoms with Crippen LogP contribution in [0.15, 0.2) is 48.7 Å². The molecule has 5 nitrogen and oxygen atoms in total. The molecule has 0 spiro atoms. The molecule has 1 aliphatic rings. The van der Waals surface area contributed by atoms with Gasteiger partial charge in [-0.1, -0.05) is 30.3 Å². The minimum atomic E-state index is -0.648. The summed E-state index contributed by atoms with van der Waals surface area (Å²) in [6.45, 7) is 1.08. The van der Waals surface area contributed by atoms with Gasteiger partial charge in [-0.15, -0.1) is 0 Å². The Morgan fingerprint density at radius 2 is 2.09 bits per heavy atom. The second kappa shape index (κ2) is 7.09. The van der Waals surface area contributed by atoms with Crippen molar-refractivity contribution in [3.63, 3.8) is 0 Å². The molecule has 3 rings (SSSR count). The Hall–Kier alpha value is -2.63. The van der Waals surface area contributed by atoms with Crippen LogP contribution in [-0.4, -0.2) is 35.2 Å². The van der Waals surface area contributed by atoms with Gasteiger partial charge in [-0.2, -0.15) is 4.39 Å². The lowest BCUT2D eigenvalue weighted by atomic mass is 10.1. The highest BCUT2D eigenvalue weighted by Gasteiger charge is 2.34. The van der Waals surface area contributed by atoms with Crippen LogP contribution in [0.3, 0.4) is 0 Å².